The number of aliphatic hydroxyl groups excluding tert-OH is 1. The predicted molar refractivity (Wildman–Crippen MR) is 143 cm³/mol. The molecule has 5 rings (SSSR count). The average molecular weight is 494 g/mol. The van der Waals surface area contributed by atoms with Gasteiger partial charge in [0.05, 0.1) is 24.0 Å². The highest BCUT2D eigenvalue weighted by atomic mass is 35.5. The monoisotopic (exact) mass is 493 g/mol. The van der Waals surface area contributed by atoms with Gasteiger partial charge in [0.25, 0.3) is 0 Å². The number of hydrogen-bond donors (Lipinski definition) is 1. The highest BCUT2D eigenvalue weighted by Gasteiger charge is 2.31. The molecule has 0 aliphatic carbocycles. The van der Waals surface area contributed by atoms with Crippen LogP contribution in [0.3, 0.4) is 0 Å². The van der Waals surface area contributed by atoms with Crippen LogP contribution in [0.1, 0.15) is 49.7 Å². The molecular weight excluding hydrogens is 465 g/mol. The third-order valence-corrected chi connectivity index (χ3v) is 7.16. The largest absolute Gasteiger partial charge is 0.391 e. The molecule has 0 radical (unpaired) electrons. The van der Waals surface area contributed by atoms with Crippen LogP contribution in [0.25, 0.3) is 11.8 Å². The number of halogens is 2. The van der Waals surface area contributed by atoms with E-state index in [1.54, 1.807) is 0 Å². The Morgan fingerprint density at radius 3 is 2.41 bits per heavy atom. The quantitative estimate of drug-likeness (QED) is 0.436. The summed E-state index contributed by atoms with van der Waals surface area (Å²) >= 11 is 12.9. The fourth-order valence-electron chi connectivity index (χ4n) is 4.68. The van der Waals surface area contributed by atoms with E-state index in [-0.39, 0.29) is 11.5 Å². The lowest BCUT2D eigenvalue weighted by Crippen LogP contribution is -2.30. The molecule has 0 saturated carbocycles. The molecule has 0 spiro atoms. The summed E-state index contributed by atoms with van der Waals surface area (Å²) in [7, 11) is 0. The molecule has 0 amide bonds. The number of pyridine rings is 1. The maximum absolute atomic E-state index is 10.3. The molecule has 2 aliphatic rings. The van der Waals surface area contributed by atoms with Gasteiger partial charge in [0.1, 0.15) is 0 Å². The molecule has 6 heteroatoms. The highest BCUT2D eigenvalue weighted by molar-refractivity contribution is 6.32. The van der Waals surface area contributed by atoms with Crippen molar-refractivity contribution in [1.29, 1.82) is 0 Å². The number of nitrogens with zero attached hydrogens (tertiary/aromatic N) is 3. The van der Waals surface area contributed by atoms with Crippen LogP contribution in [-0.2, 0) is 12.0 Å². The Hall–Kier alpha value is -2.53. The van der Waals surface area contributed by atoms with Crippen LogP contribution >= 0.6 is 23.2 Å². The molecular formula is C28H29Cl2N3O. The van der Waals surface area contributed by atoms with Crippen LogP contribution in [0.4, 0.5) is 11.4 Å². The molecule has 4 nitrogen and oxygen atoms in total. The predicted octanol–water partition coefficient (Wildman–Crippen LogP) is 6.78. The van der Waals surface area contributed by atoms with Gasteiger partial charge in [0.15, 0.2) is 0 Å². The third-order valence-electron chi connectivity index (χ3n) is 6.57. The van der Waals surface area contributed by atoms with Crippen LogP contribution in [-0.4, -0.2) is 29.3 Å². The van der Waals surface area contributed by atoms with Gasteiger partial charge in [0, 0.05) is 56.7 Å². The van der Waals surface area contributed by atoms with E-state index >= 15 is 0 Å². The number of benzene rings is 2. The van der Waals surface area contributed by atoms with Crippen LogP contribution < -0.4 is 9.80 Å². The first-order valence-corrected chi connectivity index (χ1v) is 12.4. The number of rotatable bonds is 3. The van der Waals surface area contributed by atoms with Gasteiger partial charge < -0.3 is 14.9 Å². The molecule has 1 N–H and O–H groups in total. The summed E-state index contributed by atoms with van der Waals surface area (Å²) in [5, 5.41) is 11.7. The van der Waals surface area contributed by atoms with Crippen LogP contribution in [0.2, 0.25) is 10.0 Å². The third kappa shape index (κ3) is 4.43. The normalized spacial score (nSPS) is 18.2. The molecule has 34 heavy (non-hydrogen) atoms. The maximum atomic E-state index is 10.3. The fourth-order valence-corrected chi connectivity index (χ4v) is 5.04. The van der Waals surface area contributed by atoms with Crippen molar-refractivity contribution in [2.24, 2.45) is 0 Å². The van der Waals surface area contributed by atoms with Crippen molar-refractivity contribution >= 4 is 46.3 Å². The first-order chi connectivity index (χ1) is 16.2. The molecule has 2 aromatic carbocycles. The second-order valence-corrected chi connectivity index (χ2v) is 10.9. The van der Waals surface area contributed by atoms with Gasteiger partial charge in [0.2, 0.25) is 0 Å². The van der Waals surface area contributed by atoms with Crippen LogP contribution in [0.5, 0.6) is 0 Å². The van der Waals surface area contributed by atoms with Crippen molar-refractivity contribution in [1.82, 2.24) is 4.98 Å². The van der Waals surface area contributed by atoms with E-state index < -0.39 is 0 Å². The second kappa shape index (κ2) is 8.92. The van der Waals surface area contributed by atoms with Gasteiger partial charge in [-0.1, -0.05) is 62.2 Å². The molecule has 176 valence electrons. The van der Waals surface area contributed by atoms with E-state index in [4.69, 9.17) is 28.2 Å². The first kappa shape index (κ1) is 23.2. The number of hydrogen-bond acceptors (Lipinski definition) is 4. The summed E-state index contributed by atoms with van der Waals surface area (Å²) in [6.07, 6.45) is 2.63. The topological polar surface area (TPSA) is 39.6 Å². The SMILES string of the molecule is CC(C)(C)c1cc(N2CC[C@@H](O)C2)c2c(n1)C=C(c1ccccc1Cl)N(c1ccc(Cl)cc1)C2. The van der Waals surface area contributed by atoms with Gasteiger partial charge in [-0.05, 0) is 48.9 Å². The fraction of sp³-hybridized carbons (Fsp3) is 0.321. The number of anilines is 2. The Labute approximate surface area is 211 Å². The summed E-state index contributed by atoms with van der Waals surface area (Å²) < 4.78 is 0. The number of aromatic nitrogens is 1. The number of aliphatic hydroxyl groups is 1. The summed E-state index contributed by atoms with van der Waals surface area (Å²) in [6.45, 7) is 8.68. The summed E-state index contributed by atoms with van der Waals surface area (Å²) in [5.41, 5.74) is 7.22. The number of fused-ring (bicyclic) bond motifs is 1. The van der Waals surface area contributed by atoms with E-state index in [9.17, 15) is 5.11 Å². The number of β-amino-alcohol motifs (C(OH)–C–C–N with tert-alkyl or cyclic N) is 1. The van der Waals surface area contributed by atoms with E-state index in [1.807, 2.05) is 48.5 Å². The Kier molecular flexibility index (Phi) is 6.09. The molecule has 1 saturated heterocycles. The Morgan fingerprint density at radius 1 is 1.03 bits per heavy atom. The van der Waals surface area contributed by atoms with Crippen molar-refractivity contribution in [2.45, 2.75) is 45.3 Å². The molecule has 1 atom stereocenters. The average Bonchev–Trinajstić information content (AvgIpc) is 3.24. The first-order valence-electron chi connectivity index (χ1n) is 11.7. The minimum atomic E-state index is -0.299. The molecule has 3 aromatic rings. The standard InChI is InChI=1S/C28H29Cl2N3O/c1-28(2,3)27-15-25(32-13-12-20(34)16-32)22-17-33(19-10-8-18(29)9-11-19)26(14-24(22)31-27)21-6-4-5-7-23(21)30/h4-11,14-15,20,34H,12-13,16-17H2,1-3H3/t20-/m1/s1. The van der Waals surface area contributed by atoms with Crippen molar-refractivity contribution in [3.8, 4) is 0 Å². The lowest BCUT2D eigenvalue weighted by molar-refractivity contribution is 0.198. The molecule has 1 fully saturated rings. The van der Waals surface area contributed by atoms with Crippen molar-refractivity contribution in [2.75, 3.05) is 22.9 Å². The van der Waals surface area contributed by atoms with Crippen LogP contribution in [0.15, 0.2) is 54.6 Å². The summed E-state index contributed by atoms with van der Waals surface area (Å²) in [4.78, 5) is 9.70. The lowest BCUT2D eigenvalue weighted by atomic mass is 9.89. The second-order valence-electron chi connectivity index (χ2n) is 10.1. The zero-order valence-corrected chi connectivity index (χ0v) is 21.2. The van der Waals surface area contributed by atoms with E-state index in [1.165, 1.54) is 0 Å². The summed E-state index contributed by atoms with van der Waals surface area (Å²) in [6, 6.07) is 18.0. The van der Waals surface area contributed by atoms with Gasteiger partial charge in [-0.25, -0.2) is 0 Å². The van der Waals surface area contributed by atoms with Gasteiger partial charge >= 0.3 is 0 Å². The molecule has 3 heterocycles. The highest BCUT2D eigenvalue weighted by Crippen LogP contribution is 2.42. The molecule has 2 aliphatic heterocycles. The van der Waals surface area contributed by atoms with Gasteiger partial charge in [-0.2, -0.15) is 0 Å². The van der Waals surface area contributed by atoms with Crippen molar-refractivity contribution in [3.05, 3.63) is 87.2 Å². The lowest BCUT2D eigenvalue weighted by Gasteiger charge is -2.36. The Bertz CT molecular complexity index is 1250. The van der Waals surface area contributed by atoms with Gasteiger partial charge in [-0.3, -0.25) is 4.98 Å². The van der Waals surface area contributed by atoms with E-state index in [0.717, 1.165) is 52.6 Å². The molecule has 1 aromatic heterocycles. The molecule has 0 bridgehead atoms. The minimum Gasteiger partial charge on any atom is -0.391 e. The molecule has 0 unspecified atom stereocenters. The van der Waals surface area contributed by atoms with Crippen molar-refractivity contribution in [3.63, 3.8) is 0 Å². The smallest absolute Gasteiger partial charge is 0.0731 e. The van der Waals surface area contributed by atoms with E-state index in [0.29, 0.717) is 23.1 Å². The summed E-state index contributed by atoms with van der Waals surface area (Å²) in [5.74, 6) is 0. The zero-order chi connectivity index (χ0) is 24.0. The maximum Gasteiger partial charge on any atom is 0.0731 e. The van der Waals surface area contributed by atoms with Crippen molar-refractivity contribution < 1.29 is 5.11 Å². The van der Waals surface area contributed by atoms with E-state index in [2.05, 4.69) is 42.7 Å². The van der Waals surface area contributed by atoms with Crippen LogP contribution in [0, 0.1) is 0 Å². The minimum absolute atomic E-state index is 0.103. The Balaban J connectivity index is 1.73. The van der Waals surface area contributed by atoms with Gasteiger partial charge in [-0.15, -0.1) is 0 Å². The zero-order valence-electron chi connectivity index (χ0n) is 19.7. The Morgan fingerprint density at radius 2 is 1.76 bits per heavy atom.